The molecule has 9 nitrogen and oxygen atoms in total. The van der Waals surface area contributed by atoms with Crippen LogP contribution >= 0.6 is 0 Å². The molecular formula is C25H19F6N5O4. The number of hydrogen-bond donors (Lipinski definition) is 1. The highest BCUT2D eigenvalue weighted by atomic mass is 19.4. The monoisotopic (exact) mass is 567 g/mol. The number of pyridine rings is 1. The fraction of sp³-hybridized carbons (Fsp3) is 0.240. The molecule has 1 aliphatic heterocycles. The lowest BCUT2D eigenvalue weighted by molar-refractivity contribution is -0.192. The van der Waals surface area contributed by atoms with E-state index in [2.05, 4.69) is 15.2 Å². The predicted molar refractivity (Wildman–Crippen MR) is 127 cm³/mol. The predicted octanol–water partition coefficient (Wildman–Crippen LogP) is 4.52. The van der Waals surface area contributed by atoms with Gasteiger partial charge in [0.15, 0.2) is 6.10 Å². The maximum Gasteiger partial charge on any atom is 0.490 e. The number of carbonyl (C=O) groups is 2. The third-order valence-corrected chi connectivity index (χ3v) is 5.78. The zero-order valence-electron chi connectivity index (χ0n) is 20.2. The zero-order chi connectivity index (χ0) is 29.1. The van der Waals surface area contributed by atoms with Gasteiger partial charge in [-0.15, -0.1) is 0 Å². The molecule has 210 valence electrons. The summed E-state index contributed by atoms with van der Waals surface area (Å²) in [5.74, 6) is -7.45. The van der Waals surface area contributed by atoms with Crippen LogP contribution in [0, 0.1) is 5.82 Å². The molecule has 0 radical (unpaired) electrons. The number of aromatic nitrogens is 4. The number of aliphatic carboxylic acids is 1. The minimum atomic E-state index is -5.08. The van der Waals surface area contributed by atoms with E-state index in [0.717, 1.165) is 21.1 Å². The SMILES string of the molecule is O=C(O)C(F)(F)F.O=C(c1c(F)cccc1-n1nccn1)N1CCC(F)(F)C(Oc2ccc3ccccc3n2)C1. The molecule has 0 spiro atoms. The van der Waals surface area contributed by atoms with E-state index in [1.54, 1.807) is 18.2 Å². The number of halogens is 6. The summed E-state index contributed by atoms with van der Waals surface area (Å²) >= 11 is 0. The standard InChI is InChI=1S/C23H18F3N5O2.C2HF3O2/c24-16-5-3-7-18(31-27-11-12-28-31)21(16)22(32)30-13-10-23(25,26)19(14-30)33-20-9-8-15-4-1-2-6-17(15)29-20;3-2(4,5)1(6)7/h1-9,11-12,19H,10,13-14H2;(H,6,7). The van der Waals surface area contributed by atoms with Crippen molar-refractivity contribution in [3.8, 4) is 11.6 Å². The van der Waals surface area contributed by atoms with Crippen LogP contribution in [0.2, 0.25) is 0 Å². The molecule has 1 fully saturated rings. The second kappa shape index (κ2) is 11.2. The van der Waals surface area contributed by atoms with Crippen molar-refractivity contribution < 1.29 is 45.8 Å². The summed E-state index contributed by atoms with van der Waals surface area (Å²) in [7, 11) is 0. The second-order valence-corrected chi connectivity index (χ2v) is 8.47. The van der Waals surface area contributed by atoms with Gasteiger partial charge in [0.1, 0.15) is 17.1 Å². The summed E-state index contributed by atoms with van der Waals surface area (Å²) in [4.78, 5) is 28.7. The van der Waals surface area contributed by atoms with E-state index in [4.69, 9.17) is 14.6 Å². The van der Waals surface area contributed by atoms with Crippen LogP contribution in [0.5, 0.6) is 5.88 Å². The van der Waals surface area contributed by atoms with E-state index in [9.17, 15) is 31.1 Å². The van der Waals surface area contributed by atoms with Crippen LogP contribution in [0.3, 0.4) is 0 Å². The molecule has 5 rings (SSSR count). The first kappa shape index (κ1) is 28.3. The number of carboxylic acids is 1. The normalized spacial score (nSPS) is 16.6. The lowest BCUT2D eigenvalue weighted by Gasteiger charge is -2.38. The van der Waals surface area contributed by atoms with Gasteiger partial charge in [-0.25, -0.2) is 22.9 Å². The van der Waals surface area contributed by atoms with E-state index in [0.29, 0.717) is 5.52 Å². The molecule has 15 heteroatoms. The number of benzene rings is 2. The van der Waals surface area contributed by atoms with Crippen molar-refractivity contribution in [3.05, 3.63) is 78.4 Å². The van der Waals surface area contributed by atoms with E-state index in [1.807, 2.05) is 12.1 Å². The third kappa shape index (κ3) is 6.30. The quantitative estimate of drug-likeness (QED) is 0.361. The molecule has 1 unspecified atom stereocenters. The van der Waals surface area contributed by atoms with Gasteiger partial charge in [-0.1, -0.05) is 24.3 Å². The highest BCUT2D eigenvalue weighted by Gasteiger charge is 2.48. The Bertz CT molecular complexity index is 1510. The number of fused-ring (bicyclic) bond motifs is 1. The molecule has 40 heavy (non-hydrogen) atoms. The number of alkyl halides is 5. The zero-order valence-corrected chi connectivity index (χ0v) is 20.2. The Morgan fingerprint density at radius 2 is 1.68 bits per heavy atom. The Balaban J connectivity index is 0.000000470. The fourth-order valence-corrected chi connectivity index (χ4v) is 3.83. The number of para-hydroxylation sites is 1. The van der Waals surface area contributed by atoms with Gasteiger partial charge in [0.25, 0.3) is 11.8 Å². The molecule has 1 N–H and O–H groups in total. The van der Waals surface area contributed by atoms with Crippen LogP contribution in [0.4, 0.5) is 26.3 Å². The van der Waals surface area contributed by atoms with Crippen LogP contribution < -0.4 is 4.74 Å². The Morgan fingerprint density at radius 3 is 2.35 bits per heavy atom. The minimum absolute atomic E-state index is 0.0278. The molecular weight excluding hydrogens is 548 g/mol. The molecule has 2 aromatic heterocycles. The maximum atomic E-state index is 14.7. The first-order chi connectivity index (χ1) is 18.9. The highest BCUT2D eigenvalue weighted by Crippen LogP contribution is 2.33. The van der Waals surface area contributed by atoms with Crippen molar-refractivity contribution in [2.75, 3.05) is 13.1 Å². The lowest BCUT2D eigenvalue weighted by Crippen LogP contribution is -2.55. The summed E-state index contributed by atoms with van der Waals surface area (Å²) in [5, 5.41) is 15.9. The van der Waals surface area contributed by atoms with E-state index >= 15 is 0 Å². The molecule has 0 aliphatic carbocycles. The summed E-state index contributed by atoms with van der Waals surface area (Å²) < 4.78 is 81.4. The average molecular weight is 567 g/mol. The molecule has 1 amide bonds. The molecule has 3 heterocycles. The Hall–Kier alpha value is -4.69. The second-order valence-electron chi connectivity index (χ2n) is 8.47. The van der Waals surface area contributed by atoms with Crippen molar-refractivity contribution in [1.82, 2.24) is 24.9 Å². The largest absolute Gasteiger partial charge is 0.490 e. The third-order valence-electron chi connectivity index (χ3n) is 5.78. The van der Waals surface area contributed by atoms with Gasteiger partial charge in [0.2, 0.25) is 5.88 Å². The summed E-state index contributed by atoms with van der Waals surface area (Å²) in [5.41, 5.74) is 0.433. The molecule has 0 saturated carbocycles. The summed E-state index contributed by atoms with van der Waals surface area (Å²) in [6, 6.07) is 14.5. The van der Waals surface area contributed by atoms with Gasteiger partial charge in [-0.05, 0) is 24.3 Å². The van der Waals surface area contributed by atoms with Gasteiger partial charge < -0.3 is 14.7 Å². The average Bonchev–Trinajstić information content (AvgIpc) is 3.44. The summed E-state index contributed by atoms with van der Waals surface area (Å²) in [6.45, 7) is -0.683. The van der Waals surface area contributed by atoms with Crippen LogP contribution in [0.25, 0.3) is 16.6 Å². The van der Waals surface area contributed by atoms with Crippen molar-refractivity contribution in [1.29, 1.82) is 0 Å². The number of carboxylic acid groups (broad SMARTS) is 1. The first-order valence-corrected chi connectivity index (χ1v) is 11.5. The topological polar surface area (TPSA) is 110 Å². The highest BCUT2D eigenvalue weighted by molar-refractivity contribution is 5.98. The van der Waals surface area contributed by atoms with Crippen molar-refractivity contribution in [3.63, 3.8) is 0 Å². The van der Waals surface area contributed by atoms with Gasteiger partial charge >= 0.3 is 12.1 Å². The number of carbonyl (C=O) groups excluding carboxylic acids is 1. The minimum Gasteiger partial charge on any atom is -0.475 e. The number of likely N-dealkylation sites (tertiary alicyclic amines) is 1. The van der Waals surface area contributed by atoms with E-state index in [-0.39, 0.29) is 23.7 Å². The van der Waals surface area contributed by atoms with Gasteiger partial charge in [0, 0.05) is 24.4 Å². The van der Waals surface area contributed by atoms with Crippen LogP contribution in [-0.4, -0.2) is 73.2 Å². The van der Waals surface area contributed by atoms with Crippen molar-refractivity contribution in [2.45, 2.75) is 24.6 Å². The number of rotatable bonds is 4. The number of nitrogens with zero attached hydrogens (tertiary/aromatic N) is 5. The molecule has 1 aliphatic rings. The van der Waals surface area contributed by atoms with Gasteiger partial charge in [-0.3, -0.25) is 4.79 Å². The maximum absolute atomic E-state index is 14.7. The van der Waals surface area contributed by atoms with Crippen LogP contribution in [0.15, 0.2) is 67.0 Å². The molecule has 0 bridgehead atoms. The van der Waals surface area contributed by atoms with Crippen molar-refractivity contribution >= 4 is 22.8 Å². The Morgan fingerprint density at radius 1 is 1.00 bits per heavy atom. The lowest BCUT2D eigenvalue weighted by atomic mass is 10.0. The molecule has 2 aromatic carbocycles. The number of amides is 1. The Kier molecular flexibility index (Phi) is 7.93. The van der Waals surface area contributed by atoms with E-state index in [1.165, 1.54) is 30.6 Å². The van der Waals surface area contributed by atoms with Crippen molar-refractivity contribution in [2.24, 2.45) is 0 Å². The van der Waals surface area contributed by atoms with Crippen LogP contribution in [0.1, 0.15) is 16.8 Å². The molecule has 4 aromatic rings. The number of piperidine rings is 1. The van der Waals surface area contributed by atoms with Gasteiger partial charge in [0.05, 0.1) is 24.5 Å². The van der Waals surface area contributed by atoms with E-state index < -0.39 is 48.9 Å². The summed E-state index contributed by atoms with van der Waals surface area (Å²) in [6.07, 6.45) is -4.56. The molecule has 1 atom stereocenters. The molecule has 1 saturated heterocycles. The van der Waals surface area contributed by atoms with Gasteiger partial charge in [-0.2, -0.15) is 28.2 Å². The Labute approximate surface area is 221 Å². The smallest absolute Gasteiger partial charge is 0.475 e. The fourth-order valence-electron chi connectivity index (χ4n) is 3.83. The number of hydrogen-bond acceptors (Lipinski definition) is 6. The number of ether oxygens (including phenoxy) is 1. The first-order valence-electron chi connectivity index (χ1n) is 11.5. The van der Waals surface area contributed by atoms with Crippen LogP contribution in [-0.2, 0) is 4.79 Å².